The van der Waals surface area contributed by atoms with Gasteiger partial charge in [0.1, 0.15) is 5.75 Å². The lowest BCUT2D eigenvalue weighted by molar-refractivity contribution is 0.102. The maximum atomic E-state index is 12.8. The van der Waals surface area contributed by atoms with Crippen molar-refractivity contribution in [2.45, 2.75) is 25.8 Å². The van der Waals surface area contributed by atoms with E-state index in [0.29, 0.717) is 17.2 Å². The van der Waals surface area contributed by atoms with Gasteiger partial charge in [-0.25, -0.2) is 4.98 Å². The fraction of sp³-hybridized carbons (Fsp3) is 0.227. The largest absolute Gasteiger partial charge is 0.494 e. The van der Waals surface area contributed by atoms with Crippen LogP contribution < -0.4 is 10.3 Å². The number of Topliss-reactive ketones (excluding diaryl/α,β-unsaturated/α-hetero) is 1. The van der Waals surface area contributed by atoms with Crippen molar-refractivity contribution in [3.63, 3.8) is 0 Å². The molecule has 0 aliphatic carbocycles. The molecule has 0 N–H and O–H groups in total. The van der Waals surface area contributed by atoms with Crippen molar-refractivity contribution in [2.24, 2.45) is 0 Å². The van der Waals surface area contributed by atoms with Gasteiger partial charge in [-0.15, -0.1) is 0 Å². The molecule has 0 saturated heterocycles. The Morgan fingerprint density at radius 2 is 1.79 bits per heavy atom. The van der Waals surface area contributed by atoms with Gasteiger partial charge in [0.15, 0.2) is 10.8 Å². The second-order valence-corrected chi connectivity index (χ2v) is 7.39. The minimum Gasteiger partial charge on any atom is -0.494 e. The third kappa shape index (κ3) is 4.70. The van der Waals surface area contributed by atoms with Crippen LogP contribution in [0.3, 0.4) is 0 Å². The Morgan fingerprint density at radius 3 is 2.43 bits per heavy atom. The Kier molecular flexibility index (Phi) is 6.31. The van der Waals surface area contributed by atoms with Crippen LogP contribution in [0.15, 0.2) is 64.7 Å². The Hall–Kier alpha value is -2.86. The van der Waals surface area contributed by atoms with Gasteiger partial charge >= 0.3 is 0 Å². The van der Waals surface area contributed by atoms with Crippen LogP contribution >= 0.6 is 11.8 Å². The van der Waals surface area contributed by atoms with Gasteiger partial charge in [-0.2, -0.15) is 0 Å². The highest BCUT2D eigenvalue weighted by atomic mass is 32.2. The summed E-state index contributed by atoms with van der Waals surface area (Å²) in [6.45, 7) is 6.48. The lowest BCUT2D eigenvalue weighted by Gasteiger charge is -2.09. The second kappa shape index (κ2) is 8.89. The number of hydrogen-bond acceptors (Lipinski definition) is 5. The Morgan fingerprint density at radius 1 is 1.11 bits per heavy atom. The van der Waals surface area contributed by atoms with Crippen LogP contribution in [-0.4, -0.2) is 27.7 Å². The molecule has 0 radical (unpaired) electrons. The number of ketones is 1. The first-order valence-corrected chi connectivity index (χ1v) is 10.0. The summed E-state index contributed by atoms with van der Waals surface area (Å²) in [7, 11) is 0. The zero-order valence-corrected chi connectivity index (χ0v) is 17.0. The summed E-state index contributed by atoms with van der Waals surface area (Å²) >= 11 is 1.16. The zero-order chi connectivity index (χ0) is 20.1. The van der Waals surface area contributed by atoms with Crippen molar-refractivity contribution >= 4 is 17.5 Å². The van der Waals surface area contributed by atoms with E-state index in [1.165, 1.54) is 0 Å². The Labute approximate surface area is 168 Å². The average Bonchev–Trinajstić information content (AvgIpc) is 2.67. The van der Waals surface area contributed by atoms with Crippen LogP contribution in [0.2, 0.25) is 0 Å². The maximum absolute atomic E-state index is 12.8. The van der Waals surface area contributed by atoms with Crippen LogP contribution in [0.25, 0.3) is 5.69 Å². The molecular formula is C22H22N2O3S. The number of nitrogens with zero attached hydrogens (tertiary/aromatic N) is 2. The number of ether oxygens (including phenoxy) is 1. The number of aryl methyl sites for hydroxylation is 2. The first kappa shape index (κ1) is 19.9. The summed E-state index contributed by atoms with van der Waals surface area (Å²) in [4.78, 5) is 29.4. The molecule has 3 aromatic rings. The number of benzene rings is 2. The SMILES string of the molecule is CCOc1ccc(C(=O)CSc2nccn(-c3cc(C)cc(C)c3)c2=O)cc1. The zero-order valence-electron chi connectivity index (χ0n) is 16.1. The normalized spacial score (nSPS) is 10.7. The average molecular weight is 394 g/mol. The Balaban J connectivity index is 1.76. The molecule has 28 heavy (non-hydrogen) atoms. The van der Waals surface area contributed by atoms with E-state index < -0.39 is 0 Å². The summed E-state index contributed by atoms with van der Waals surface area (Å²) in [5.41, 5.74) is 3.32. The highest BCUT2D eigenvalue weighted by Gasteiger charge is 2.12. The van der Waals surface area contributed by atoms with E-state index in [4.69, 9.17) is 4.74 Å². The third-order valence-corrected chi connectivity index (χ3v) is 5.08. The third-order valence-electron chi connectivity index (χ3n) is 4.12. The van der Waals surface area contributed by atoms with Gasteiger partial charge in [-0.1, -0.05) is 17.8 Å². The van der Waals surface area contributed by atoms with Crippen LogP contribution in [0, 0.1) is 13.8 Å². The summed E-state index contributed by atoms with van der Waals surface area (Å²) in [6.07, 6.45) is 3.23. The summed E-state index contributed by atoms with van der Waals surface area (Å²) in [5.74, 6) is 0.816. The number of carbonyl (C=O) groups is 1. The van der Waals surface area contributed by atoms with Crippen LogP contribution in [0.1, 0.15) is 28.4 Å². The Bertz CT molecular complexity index is 1020. The maximum Gasteiger partial charge on any atom is 0.287 e. The molecule has 0 spiro atoms. The number of carbonyl (C=O) groups excluding carboxylic acids is 1. The van der Waals surface area contributed by atoms with E-state index in [9.17, 15) is 9.59 Å². The molecule has 0 saturated carbocycles. The first-order chi connectivity index (χ1) is 13.5. The second-order valence-electron chi connectivity index (χ2n) is 6.42. The van der Waals surface area contributed by atoms with E-state index in [-0.39, 0.29) is 17.1 Å². The summed E-state index contributed by atoms with van der Waals surface area (Å²) in [5, 5.41) is 0.306. The molecule has 0 atom stereocenters. The highest BCUT2D eigenvalue weighted by Crippen LogP contribution is 2.18. The molecular weight excluding hydrogens is 372 g/mol. The molecule has 0 bridgehead atoms. The van der Waals surface area contributed by atoms with Gasteiger partial charge in [-0.3, -0.25) is 14.2 Å². The highest BCUT2D eigenvalue weighted by molar-refractivity contribution is 7.99. The molecule has 0 fully saturated rings. The molecule has 1 aromatic heterocycles. The molecule has 0 unspecified atom stereocenters. The van der Waals surface area contributed by atoms with Crippen molar-refractivity contribution in [1.29, 1.82) is 0 Å². The predicted molar refractivity (Wildman–Crippen MR) is 112 cm³/mol. The van der Waals surface area contributed by atoms with E-state index in [1.807, 2.05) is 32.9 Å². The molecule has 0 amide bonds. The quantitative estimate of drug-likeness (QED) is 0.443. The van der Waals surface area contributed by atoms with E-state index in [1.54, 1.807) is 41.2 Å². The van der Waals surface area contributed by atoms with Gasteiger partial charge in [0.05, 0.1) is 12.4 Å². The van der Waals surface area contributed by atoms with Crippen LogP contribution in [-0.2, 0) is 0 Å². The molecule has 3 rings (SSSR count). The van der Waals surface area contributed by atoms with E-state index in [2.05, 4.69) is 11.1 Å². The van der Waals surface area contributed by atoms with Crippen molar-refractivity contribution in [3.05, 3.63) is 81.9 Å². The van der Waals surface area contributed by atoms with Crippen molar-refractivity contribution < 1.29 is 9.53 Å². The van der Waals surface area contributed by atoms with Crippen LogP contribution in [0.4, 0.5) is 0 Å². The molecule has 1 heterocycles. The molecule has 2 aromatic carbocycles. The number of rotatable bonds is 7. The van der Waals surface area contributed by atoms with Crippen LogP contribution in [0.5, 0.6) is 5.75 Å². The summed E-state index contributed by atoms with van der Waals surface area (Å²) in [6, 6.07) is 13.0. The van der Waals surface area contributed by atoms with Crippen molar-refractivity contribution in [1.82, 2.24) is 9.55 Å². The topological polar surface area (TPSA) is 61.2 Å². The molecule has 144 valence electrons. The van der Waals surface area contributed by atoms with E-state index >= 15 is 0 Å². The van der Waals surface area contributed by atoms with Gasteiger partial charge in [0.25, 0.3) is 5.56 Å². The molecule has 5 nitrogen and oxygen atoms in total. The lowest BCUT2D eigenvalue weighted by Crippen LogP contribution is -2.21. The summed E-state index contributed by atoms with van der Waals surface area (Å²) < 4.78 is 6.95. The first-order valence-electron chi connectivity index (χ1n) is 9.03. The van der Waals surface area contributed by atoms with Crippen molar-refractivity contribution in [2.75, 3.05) is 12.4 Å². The van der Waals surface area contributed by atoms with Gasteiger partial charge in [0, 0.05) is 23.6 Å². The van der Waals surface area contributed by atoms with E-state index in [0.717, 1.165) is 34.3 Å². The van der Waals surface area contributed by atoms with Gasteiger partial charge in [0.2, 0.25) is 0 Å². The standard InChI is InChI=1S/C22H22N2O3S/c1-4-27-19-7-5-17(6-8-19)20(25)14-28-21-22(26)24(10-9-23-21)18-12-15(2)11-16(3)13-18/h5-13H,4,14H2,1-3H3. The minimum absolute atomic E-state index is 0.0592. The monoisotopic (exact) mass is 394 g/mol. The molecule has 0 aliphatic heterocycles. The van der Waals surface area contributed by atoms with Gasteiger partial charge < -0.3 is 4.74 Å². The smallest absolute Gasteiger partial charge is 0.287 e. The fourth-order valence-corrected chi connectivity index (χ4v) is 3.70. The number of thioether (sulfide) groups is 1. The van der Waals surface area contributed by atoms with Gasteiger partial charge in [-0.05, 0) is 68.3 Å². The van der Waals surface area contributed by atoms with Crippen molar-refractivity contribution in [3.8, 4) is 11.4 Å². The number of hydrogen-bond donors (Lipinski definition) is 0. The predicted octanol–water partition coefficient (Wildman–Crippen LogP) is 4.22. The molecule has 6 heteroatoms. The minimum atomic E-state index is -0.225. The lowest BCUT2D eigenvalue weighted by atomic mass is 10.1. The molecule has 0 aliphatic rings. The number of aromatic nitrogens is 2. The fourth-order valence-electron chi connectivity index (χ4n) is 2.91.